The van der Waals surface area contributed by atoms with Gasteiger partial charge in [-0.3, -0.25) is 0 Å². The Labute approximate surface area is 589 Å². The van der Waals surface area contributed by atoms with Crippen LogP contribution in [0.5, 0.6) is 46.0 Å². The normalized spacial score (nSPS) is 11.0. The van der Waals surface area contributed by atoms with Gasteiger partial charge in [0.05, 0.1) is 59.0 Å². The van der Waals surface area contributed by atoms with Gasteiger partial charge in [0.1, 0.15) is 103 Å². The van der Waals surface area contributed by atoms with Crippen LogP contribution in [0.1, 0.15) is 248 Å². The molecule has 0 atom stereocenters. The highest BCUT2D eigenvalue weighted by Gasteiger charge is 2.26. The standard InChI is InChI=1S/C74H91N3O25/c78-30-20-9-1-2-10-21-31-95-59-38-52(68(81)82)60(39-51(59)67(79)80)96-32-22-11-3-4-12-23-33-97-61-40-54(70(85)86)62(41-53(61)69(83)84)98-34-24-13-5-6-14-25-35-99-63-42-56(72(89)90)64(43-55(63)71(87)88)100-36-26-15-7-8-16-27-37-101-65-44-58(74(93)94)66(45-57(65)73(91)92)102-48-50-47-77(76-75-50)46-49-28-18-17-19-29-49/h17-19,28-29,38-45,47,78H,1-16,20-27,30-37,46,48H2,(H,79,80)(H,81,82)(H,83,84)(H,85,86)(H,87,88)(H,89,90)(H,91,92)(H,93,94). The van der Waals surface area contributed by atoms with Crippen LogP contribution in [0.15, 0.2) is 85.1 Å². The predicted octanol–water partition coefficient (Wildman–Crippen LogP) is 13.6. The zero-order valence-electron chi connectivity index (χ0n) is 57.0. The fourth-order valence-electron chi connectivity index (χ4n) is 10.9. The minimum atomic E-state index is -1.34. The molecule has 0 amide bonds. The van der Waals surface area contributed by atoms with E-state index in [0.717, 1.165) is 119 Å². The van der Waals surface area contributed by atoms with E-state index in [9.17, 15) is 79.2 Å². The molecule has 9 N–H and O–H groups in total. The minimum Gasteiger partial charge on any atom is -0.493 e. The first-order chi connectivity index (χ1) is 49.3. The first kappa shape index (κ1) is 80.3. The van der Waals surface area contributed by atoms with Crippen LogP contribution >= 0.6 is 0 Å². The Balaban J connectivity index is 0.825. The van der Waals surface area contributed by atoms with Gasteiger partial charge in [0.2, 0.25) is 0 Å². The number of ether oxygens (including phenoxy) is 8. The highest BCUT2D eigenvalue weighted by molar-refractivity contribution is 6.00. The molecule has 0 aliphatic heterocycles. The second-order valence-electron chi connectivity index (χ2n) is 24.1. The van der Waals surface area contributed by atoms with Crippen molar-refractivity contribution in [3.05, 3.63) is 141 Å². The highest BCUT2D eigenvalue weighted by Crippen LogP contribution is 2.35. The lowest BCUT2D eigenvalue weighted by atomic mass is 10.1. The lowest BCUT2D eigenvalue weighted by Crippen LogP contribution is -2.10. The van der Waals surface area contributed by atoms with E-state index in [0.29, 0.717) is 89.3 Å². The fraction of sp³-hybridized carbons (Fsp3) is 0.459. The van der Waals surface area contributed by atoms with E-state index in [4.69, 9.17) is 43.0 Å². The number of carboxylic acid groups (broad SMARTS) is 8. The van der Waals surface area contributed by atoms with Crippen molar-refractivity contribution in [2.24, 2.45) is 0 Å². The SMILES string of the molecule is O=C(O)c1cc(OCCCCCCCCOc2cc(C(=O)O)c(OCCCCCCCCOc3cc(C(=O)O)c(OCCCCCCCCOc4cc(C(=O)O)c(OCc5cn(Cc6ccccc6)nn5)cc4C(=O)O)cc3C(=O)O)cc2C(=O)O)c(C(=O)O)cc1OCCCCCCCCO. The van der Waals surface area contributed by atoms with E-state index >= 15 is 0 Å². The van der Waals surface area contributed by atoms with Crippen molar-refractivity contribution in [3.63, 3.8) is 0 Å². The summed E-state index contributed by atoms with van der Waals surface area (Å²) in [5, 5.41) is 96.6. The lowest BCUT2D eigenvalue weighted by molar-refractivity contribution is 0.0672. The lowest BCUT2D eigenvalue weighted by Gasteiger charge is -2.15. The van der Waals surface area contributed by atoms with Crippen molar-refractivity contribution in [1.82, 2.24) is 15.0 Å². The molecule has 0 fully saturated rings. The molecular weight excluding hydrogens is 1330 g/mol. The number of aromatic nitrogens is 3. The van der Waals surface area contributed by atoms with Crippen molar-refractivity contribution in [2.75, 3.05) is 52.9 Å². The minimum absolute atomic E-state index is 0.0502. The third kappa shape index (κ3) is 27.1. The van der Waals surface area contributed by atoms with Crippen LogP contribution < -0.4 is 37.9 Å². The van der Waals surface area contributed by atoms with Gasteiger partial charge in [-0.15, -0.1) is 5.10 Å². The van der Waals surface area contributed by atoms with Crippen LogP contribution in [0.2, 0.25) is 0 Å². The van der Waals surface area contributed by atoms with Crippen LogP contribution in [0.3, 0.4) is 0 Å². The number of unbranched alkanes of at least 4 members (excludes halogenated alkanes) is 20. The Morgan fingerprint density at radius 1 is 0.294 bits per heavy atom. The molecule has 0 spiro atoms. The topological polar surface area (TPSA) is 423 Å². The molecule has 0 bridgehead atoms. The van der Waals surface area contributed by atoms with Crippen LogP contribution in [0.25, 0.3) is 0 Å². The van der Waals surface area contributed by atoms with Gasteiger partial charge in [0.15, 0.2) is 0 Å². The van der Waals surface area contributed by atoms with Crippen molar-refractivity contribution in [2.45, 2.75) is 167 Å². The molecular formula is C74H91N3O25. The summed E-state index contributed by atoms with van der Waals surface area (Å²) >= 11 is 0. The number of nitrogens with zero attached hydrogens (tertiary/aromatic N) is 3. The van der Waals surface area contributed by atoms with E-state index < -0.39 is 47.8 Å². The van der Waals surface area contributed by atoms with Gasteiger partial charge < -0.3 is 83.9 Å². The summed E-state index contributed by atoms with van der Waals surface area (Å²) in [6.45, 7) is 1.34. The number of aromatic carboxylic acids is 8. The number of hydrogen-bond donors (Lipinski definition) is 9. The molecule has 1 heterocycles. The molecule has 6 aromatic rings. The maximum Gasteiger partial charge on any atom is 0.339 e. The first-order valence-electron chi connectivity index (χ1n) is 34.4. The second-order valence-corrected chi connectivity index (χ2v) is 24.1. The third-order valence-electron chi connectivity index (χ3n) is 16.3. The maximum absolute atomic E-state index is 12.3. The van der Waals surface area contributed by atoms with Gasteiger partial charge in [0, 0.05) is 6.61 Å². The Hall–Kier alpha value is -10.6. The molecule has 0 saturated heterocycles. The van der Waals surface area contributed by atoms with Crippen molar-refractivity contribution >= 4 is 47.8 Å². The third-order valence-corrected chi connectivity index (χ3v) is 16.3. The van der Waals surface area contributed by atoms with Gasteiger partial charge in [-0.1, -0.05) is 138 Å². The Morgan fingerprint density at radius 2 is 0.510 bits per heavy atom. The first-order valence-corrected chi connectivity index (χ1v) is 34.4. The molecule has 0 aliphatic carbocycles. The average Bonchev–Trinajstić information content (AvgIpc) is 0.868. The van der Waals surface area contributed by atoms with E-state index in [1.165, 1.54) is 12.1 Å². The van der Waals surface area contributed by atoms with Crippen LogP contribution in [0.4, 0.5) is 0 Å². The molecule has 0 radical (unpaired) electrons. The molecule has 28 heteroatoms. The van der Waals surface area contributed by atoms with E-state index in [-0.39, 0.29) is 150 Å². The van der Waals surface area contributed by atoms with E-state index in [1.807, 2.05) is 30.3 Å². The largest absolute Gasteiger partial charge is 0.493 e. The number of aliphatic hydroxyl groups is 1. The zero-order chi connectivity index (χ0) is 73.6. The fourth-order valence-corrected chi connectivity index (χ4v) is 10.9. The van der Waals surface area contributed by atoms with Gasteiger partial charge in [-0.05, 0) is 105 Å². The van der Waals surface area contributed by atoms with Gasteiger partial charge in [-0.2, -0.15) is 0 Å². The molecule has 28 nitrogen and oxygen atoms in total. The monoisotopic (exact) mass is 1420 g/mol. The molecule has 6 rings (SSSR count). The Kier molecular flexibility index (Phi) is 34.5. The summed E-state index contributed by atoms with van der Waals surface area (Å²) in [5.41, 5.74) is -0.642. The van der Waals surface area contributed by atoms with E-state index in [2.05, 4.69) is 10.3 Å². The van der Waals surface area contributed by atoms with Gasteiger partial charge >= 0.3 is 47.8 Å². The number of carboxylic acids is 8. The molecule has 5 aromatic carbocycles. The summed E-state index contributed by atoms with van der Waals surface area (Å²) in [6, 6.07) is 18.7. The number of aliphatic hydroxyl groups excluding tert-OH is 1. The quantitative estimate of drug-likeness (QED) is 0.0160. The second kappa shape index (κ2) is 43.8. The van der Waals surface area contributed by atoms with Gasteiger partial charge in [-0.25, -0.2) is 43.0 Å². The number of benzene rings is 5. The van der Waals surface area contributed by atoms with Crippen LogP contribution in [-0.4, -0.2) is 162 Å². The molecule has 0 aliphatic rings. The summed E-state index contributed by atoms with van der Waals surface area (Å²) in [4.78, 5) is 97.6. The van der Waals surface area contributed by atoms with Crippen LogP contribution in [-0.2, 0) is 13.2 Å². The highest BCUT2D eigenvalue weighted by atomic mass is 16.5. The van der Waals surface area contributed by atoms with Crippen molar-refractivity contribution in [3.8, 4) is 46.0 Å². The molecule has 0 unspecified atom stereocenters. The maximum atomic E-state index is 12.3. The Bertz CT molecular complexity index is 3720. The number of hydrogen-bond acceptors (Lipinski definition) is 19. The molecule has 1 aromatic heterocycles. The molecule has 552 valence electrons. The summed E-state index contributed by atoms with van der Waals surface area (Å²) in [6.07, 6.45) is 18.7. The zero-order valence-corrected chi connectivity index (χ0v) is 57.0. The summed E-state index contributed by atoms with van der Waals surface area (Å²) < 4.78 is 47.6. The molecule has 102 heavy (non-hydrogen) atoms. The van der Waals surface area contributed by atoms with E-state index in [1.54, 1.807) is 10.9 Å². The number of carbonyl (C=O) groups is 8. The summed E-state index contributed by atoms with van der Waals surface area (Å²) in [5.74, 6) is -11.5. The van der Waals surface area contributed by atoms with Gasteiger partial charge in [0.25, 0.3) is 0 Å². The van der Waals surface area contributed by atoms with Crippen molar-refractivity contribution in [1.29, 1.82) is 0 Å². The average molecular weight is 1420 g/mol. The van der Waals surface area contributed by atoms with Crippen molar-refractivity contribution < 1.29 is 122 Å². The number of rotatable bonds is 55. The summed E-state index contributed by atoms with van der Waals surface area (Å²) in [7, 11) is 0. The van der Waals surface area contributed by atoms with Crippen LogP contribution in [0, 0.1) is 0 Å². The predicted molar refractivity (Wildman–Crippen MR) is 368 cm³/mol. The molecule has 0 saturated carbocycles. The Morgan fingerprint density at radius 3 is 0.735 bits per heavy atom. The smallest absolute Gasteiger partial charge is 0.339 e.